The molecule has 0 bridgehead atoms. The Kier molecular flexibility index (Phi) is 5.28. The lowest BCUT2D eigenvalue weighted by Crippen LogP contribution is -2.41. The van der Waals surface area contributed by atoms with Gasteiger partial charge in [-0.05, 0) is 26.0 Å². The minimum Gasteiger partial charge on any atom is -0.355 e. The molecule has 1 aromatic rings. The summed E-state index contributed by atoms with van der Waals surface area (Å²) in [4.78, 5) is 11.4. The molecule has 0 spiro atoms. The van der Waals surface area contributed by atoms with Gasteiger partial charge in [-0.1, -0.05) is 6.07 Å². The van der Waals surface area contributed by atoms with Crippen LogP contribution >= 0.6 is 0 Å². The predicted octanol–water partition coefficient (Wildman–Crippen LogP) is 1.31. The van der Waals surface area contributed by atoms with Crippen LogP contribution in [-0.2, 0) is 11.3 Å². The van der Waals surface area contributed by atoms with E-state index in [0.717, 1.165) is 0 Å². The summed E-state index contributed by atoms with van der Waals surface area (Å²) in [6.45, 7) is 4.36. The van der Waals surface area contributed by atoms with E-state index in [1.165, 1.54) is 6.07 Å². The van der Waals surface area contributed by atoms with Crippen molar-refractivity contribution in [2.24, 2.45) is 0 Å². The maximum atomic E-state index is 13.5. The van der Waals surface area contributed by atoms with Gasteiger partial charge in [-0.3, -0.25) is 4.79 Å². The number of nitrogens with one attached hydrogen (secondary N) is 2. The first-order chi connectivity index (χ1) is 8.58. The number of carbonyl (C=O) groups excluding carboxylic acids is 1. The summed E-state index contributed by atoms with van der Waals surface area (Å²) in [5.74, 6) is -0.559. The van der Waals surface area contributed by atoms with Gasteiger partial charge in [0.2, 0.25) is 5.91 Å². The zero-order valence-electron chi connectivity index (χ0n) is 10.5. The lowest BCUT2D eigenvalue weighted by atomic mass is 10.1. The van der Waals surface area contributed by atoms with E-state index in [1.54, 1.807) is 19.1 Å². The van der Waals surface area contributed by atoms with Gasteiger partial charge in [-0.2, -0.15) is 5.26 Å². The molecule has 0 aliphatic carbocycles. The second kappa shape index (κ2) is 6.72. The van der Waals surface area contributed by atoms with Gasteiger partial charge >= 0.3 is 0 Å². The van der Waals surface area contributed by atoms with Crippen molar-refractivity contribution in [2.75, 3.05) is 6.54 Å². The van der Waals surface area contributed by atoms with Crippen molar-refractivity contribution in [1.82, 2.24) is 10.6 Å². The van der Waals surface area contributed by atoms with Gasteiger partial charge in [0.25, 0.3) is 0 Å². The summed E-state index contributed by atoms with van der Waals surface area (Å²) in [5, 5.41) is 14.2. The molecule has 96 valence electrons. The van der Waals surface area contributed by atoms with Crippen LogP contribution in [-0.4, -0.2) is 18.5 Å². The molecule has 0 fully saturated rings. The Labute approximate surface area is 106 Å². The Hall–Kier alpha value is -1.93. The van der Waals surface area contributed by atoms with Gasteiger partial charge in [0.1, 0.15) is 5.82 Å². The fourth-order valence-electron chi connectivity index (χ4n) is 1.44. The molecule has 1 aromatic carbocycles. The topological polar surface area (TPSA) is 64.9 Å². The number of nitriles is 1. The molecule has 1 atom stereocenters. The zero-order valence-corrected chi connectivity index (χ0v) is 10.5. The molecule has 1 amide bonds. The van der Waals surface area contributed by atoms with Crippen LogP contribution in [0.4, 0.5) is 4.39 Å². The van der Waals surface area contributed by atoms with Crippen LogP contribution in [0.3, 0.4) is 0 Å². The molecule has 1 rings (SSSR count). The SMILES string of the molecule is CCNC(=O)C(C)NCc1ccc(C#N)cc1F. The maximum absolute atomic E-state index is 13.5. The molecule has 2 N–H and O–H groups in total. The number of hydrogen-bond acceptors (Lipinski definition) is 3. The number of likely N-dealkylation sites (N-methyl/N-ethyl adjacent to an activating group) is 1. The van der Waals surface area contributed by atoms with Gasteiger partial charge in [-0.15, -0.1) is 0 Å². The summed E-state index contributed by atoms with van der Waals surface area (Å²) >= 11 is 0. The van der Waals surface area contributed by atoms with E-state index in [1.807, 2.05) is 13.0 Å². The molecule has 0 heterocycles. The summed E-state index contributed by atoms with van der Waals surface area (Å²) in [7, 11) is 0. The van der Waals surface area contributed by atoms with Crippen molar-refractivity contribution < 1.29 is 9.18 Å². The second-order valence-electron chi connectivity index (χ2n) is 3.92. The quantitative estimate of drug-likeness (QED) is 0.827. The molecular formula is C13H16FN3O. The van der Waals surface area contributed by atoms with Gasteiger partial charge in [0.15, 0.2) is 0 Å². The molecule has 4 nitrogen and oxygen atoms in total. The largest absolute Gasteiger partial charge is 0.355 e. The van der Waals surface area contributed by atoms with Gasteiger partial charge < -0.3 is 10.6 Å². The highest BCUT2D eigenvalue weighted by Crippen LogP contribution is 2.09. The van der Waals surface area contributed by atoms with Gasteiger partial charge in [-0.25, -0.2) is 4.39 Å². The second-order valence-corrected chi connectivity index (χ2v) is 3.92. The Morgan fingerprint density at radius 1 is 1.56 bits per heavy atom. The van der Waals surface area contributed by atoms with Crippen molar-refractivity contribution in [2.45, 2.75) is 26.4 Å². The van der Waals surface area contributed by atoms with Crippen molar-refractivity contribution in [3.05, 3.63) is 35.1 Å². The Bertz CT molecular complexity index is 468. The molecule has 1 unspecified atom stereocenters. The molecule has 18 heavy (non-hydrogen) atoms. The van der Waals surface area contributed by atoms with E-state index in [4.69, 9.17) is 5.26 Å². The lowest BCUT2D eigenvalue weighted by molar-refractivity contribution is -0.122. The third kappa shape index (κ3) is 3.82. The van der Waals surface area contributed by atoms with Crippen molar-refractivity contribution >= 4 is 5.91 Å². The first-order valence-electron chi connectivity index (χ1n) is 5.78. The molecule has 5 heteroatoms. The predicted molar refractivity (Wildman–Crippen MR) is 66.1 cm³/mol. The Balaban J connectivity index is 2.59. The molecule has 0 aromatic heterocycles. The number of benzene rings is 1. The van der Waals surface area contributed by atoms with Crippen molar-refractivity contribution in [3.63, 3.8) is 0 Å². The van der Waals surface area contributed by atoms with E-state index >= 15 is 0 Å². The molecule has 0 aliphatic rings. The number of rotatable bonds is 5. The fourth-order valence-corrected chi connectivity index (χ4v) is 1.44. The summed E-state index contributed by atoms with van der Waals surface area (Å²) in [6.07, 6.45) is 0. The van der Waals surface area contributed by atoms with Crippen LogP contribution in [0.5, 0.6) is 0 Å². The summed E-state index contributed by atoms with van der Waals surface area (Å²) < 4.78 is 13.5. The van der Waals surface area contributed by atoms with Crippen LogP contribution < -0.4 is 10.6 Å². The first kappa shape index (κ1) is 14.1. The summed E-state index contributed by atoms with van der Waals surface area (Å²) in [6, 6.07) is 5.77. The molecule has 0 aliphatic heterocycles. The Morgan fingerprint density at radius 3 is 2.83 bits per heavy atom. The van der Waals surface area contributed by atoms with Gasteiger partial charge in [0, 0.05) is 18.7 Å². The average molecular weight is 249 g/mol. The van der Waals surface area contributed by atoms with E-state index < -0.39 is 5.82 Å². The lowest BCUT2D eigenvalue weighted by Gasteiger charge is -2.13. The van der Waals surface area contributed by atoms with E-state index in [-0.39, 0.29) is 24.1 Å². The van der Waals surface area contributed by atoms with Crippen LogP contribution in [0.15, 0.2) is 18.2 Å². The third-order valence-corrected chi connectivity index (χ3v) is 2.53. The van der Waals surface area contributed by atoms with Crippen molar-refractivity contribution in [3.8, 4) is 6.07 Å². The van der Waals surface area contributed by atoms with E-state index in [0.29, 0.717) is 12.1 Å². The average Bonchev–Trinajstić information content (AvgIpc) is 2.37. The van der Waals surface area contributed by atoms with E-state index in [9.17, 15) is 9.18 Å². The highest BCUT2D eigenvalue weighted by Gasteiger charge is 2.12. The highest BCUT2D eigenvalue weighted by atomic mass is 19.1. The van der Waals surface area contributed by atoms with Gasteiger partial charge in [0.05, 0.1) is 17.7 Å². The monoisotopic (exact) mass is 249 g/mol. The Morgan fingerprint density at radius 2 is 2.28 bits per heavy atom. The number of amides is 1. The number of nitrogens with zero attached hydrogens (tertiary/aromatic N) is 1. The first-order valence-corrected chi connectivity index (χ1v) is 5.78. The minimum absolute atomic E-state index is 0.119. The third-order valence-electron chi connectivity index (χ3n) is 2.53. The summed E-state index contributed by atoms with van der Waals surface area (Å²) in [5.41, 5.74) is 0.721. The number of hydrogen-bond donors (Lipinski definition) is 2. The molecule has 0 saturated carbocycles. The molecule has 0 radical (unpaired) electrons. The molecular weight excluding hydrogens is 233 g/mol. The van der Waals surface area contributed by atoms with Crippen LogP contribution in [0.1, 0.15) is 25.0 Å². The van der Waals surface area contributed by atoms with Crippen LogP contribution in [0.25, 0.3) is 0 Å². The zero-order chi connectivity index (χ0) is 13.5. The maximum Gasteiger partial charge on any atom is 0.236 e. The smallest absolute Gasteiger partial charge is 0.236 e. The molecule has 0 saturated heterocycles. The fraction of sp³-hybridized carbons (Fsp3) is 0.385. The normalized spacial score (nSPS) is 11.7. The van der Waals surface area contributed by atoms with Crippen molar-refractivity contribution in [1.29, 1.82) is 5.26 Å². The highest BCUT2D eigenvalue weighted by molar-refractivity contribution is 5.81. The minimum atomic E-state index is -0.440. The number of carbonyl (C=O) groups is 1. The standard InChI is InChI=1S/C13H16FN3O/c1-3-16-13(18)9(2)17-8-11-5-4-10(7-15)6-12(11)14/h4-6,9,17H,3,8H2,1-2H3,(H,16,18). The van der Waals surface area contributed by atoms with Crippen LogP contribution in [0.2, 0.25) is 0 Å². The van der Waals surface area contributed by atoms with Crippen LogP contribution in [0, 0.1) is 17.1 Å². The van der Waals surface area contributed by atoms with E-state index in [2.05, 4.69) is 10.6 Å². The number of halogens is 1.